The van der Waals surface area contributed by atoms with Gasteiger partial charge in [-0.25, -0.2) is 0 Å². The molecule has 0 bridgehead atoms. The maximum Gasteiger partial charge on any atom is 0.236 e. The molecule has 1 aliphatic heterocycles. The summed E-state index contributed by atoms with van der Waals surface area (Å²) in [5, 5.41) is 4.10. The summed E-state index contributed by atoms with van der Waals surface area (Å²) in [5.74, 6) is -0.215. The first-order valence-corrected chi connectivity index (χ1v) is 7.38. The van der Waals surface area contributed by atoms with E-state index in [-0.39, 0.29) is 11.8 Å². The number of hydrogen-bond acceptors (Lipinski definition) is 5. The number of carbonyl (C=O) groups excluding carboxylic acids is 2. The monoisotopic (exact) mass is 308 g/mol. The Morgan fingerprint density at radius 1 is 1.23 bits per heavy atom. The van der Waals surface area contributed by atoms with Gasteiger partial charge in [-0.1, -0.05) is 0 Å². The second-order valence-corrected chi connectivity index (χ2v) is 5.79. The van der Waals surface area contributed by atoms with Gasteiger partial charge in [0.2, 0.25) is 11.8 Å². The lowest BCUT2D eigenvalue weighted by Gasteiger charge is -2.34. The predicted octanol–water partition coefficient (Wildman–Crippen LogP) is -1.52. The molecule has 1 aliphatic rings. The Balaban J connectivity index is 1.74. The first kappa shape index (κ1) is 16.4. The standard InChI is InChI=1S/C14H24N6O2/c1-17(8-12-7-16-18(2)9-12)14(22)11-20-5-3-19(4-6-20)10-13(15)21/h7,9H,3-6,8,10-11H2,1-2H3,(H2,15,21). The van der Waals surface area contributed by atoms with Crippen LogP contribution in [0.3, 0.4) is 0 Å². The topological polar surface area (TPSA) is 87.7 Å². The maximum atomic E-state index is 12.3. The van der Waals surface area contributed by atoms with Crippen LogP contribution in [0.5, 0.6) is 0 Å². The zero-order valence-electron chi connectivity index (χ0n) is 13.2. The predicted molar refractivity (Wildman–Crippen MR) is 81.8 cm³/mol. The SMILES string of the molecule is CN(Cc1cnn(C)c1)C(=O)CN1CCN(CC(N)=O)CC1. The van der Waals surface area contributed by atoms with Gasteiger partial charge >= 0.3 is 0 Å². The van der Waals surface area contributed by atoms with Crippen LogP contribution in [0, 0.1) is 0 Å². The minimum atomic E-state index is -0.305. The Morgan fingerprint density at radius 2 is 1.82 bits per heavy atom. The molecule has 1 fully saturated rings. The van der Waals surface area contributed by atoms with Crippen LogP contribution in [-0.2, 0) is 23.2 Å². The Morgan fingerprint density at radius 3 is 2.32 bits per heavy atom. The van der Waals surface area contributed by atoms with Crippen LogP contribution < -0.4 is 5.73 Å². The van der Waals surface area contributed by atoms with Crippen molar-refractivity contribution in [2.45, 2.75) is 6.54 Å². The lowest BCUT2D eigenvalue weighted by Crippen LogP contribution is -2.51. The van der Waals surface area contributed by atoms with Gasteiger partial charge in [0.1, 0.15) is 0 Å². The van der Waals surface area contributed by atoms with Crippen LogP contribution in [0.2, 0.25) is 0 Å². The highest BCUT2D eigenvalue weighted by molar-refractivity contribution is 5.78. The summed E-state index contributed by atoms with van der Waals surface area (Å²) < 4.78 is 1.73. The molecule has 0 radical (unpaired) electrons. The average molecular weight is 308 g/mol. The van der Waals surface area contributed by atoms with E-state index in [2.05, 4.69) is 10.00 Å². The summed E-state index contributed by atoms with van der Waals surface area (Å²) in [6.45, 7) is 4.35. The minimum absolute atomic E-state index is 0.0900. The highest BCUT2D eigenvalue weighted by Crippen LogP contribution is 2.05. The van der Waals surface area contributed by atoms with Gasteiger partial charge in [-0.05, 0) is 0 Å². The van der Waals surface area contributed by atoms with Gasteiger partial charge in [0.25, 0.3) is 0 Å². The number of carbonyl (C=O) groups is 2. The number of aromatic nitrogens is 2. The fourth-order valence-electron chi connectivity index (χ4n) is 2.55. The number of rotatable bonds is 6. The third-order valence-corrected chi connectivity index (χ3v) is 3.81. The summed E-state index contributed by atoms with van der Waals surface area (Å²) in [4.78, 5) is 29.0. The van der Waals surface area contributed by atoms with E-state index in [1.54, 1.807) is 22.8 Å². The van der Waals surface area contributed by atoms with E-state index in [9.17, 15) is 9.59 Å². The van der Waals surface area contributed by atoms with Crippen LogP contribution in [0.15, 0.2) is 12.4 Å². The second-order valence-electron chi connectivity index (χ2n) is 5.79. The van der Waals surface area contributed by atoms with Crippen LogP contribution in [0.4, 0.5) is 0 Å². The molecule has 0 saturated carbocycles. The number of piperazine rings is 1. The molecule has 0 atom stereocenters. The van der Waals surface area contributed by atoms with Gasteiger partial charge in [-0.3, -0.25) is 24.1 Å². The number of likely N-dealkylation sites (N-methyl/N-ethyl adjacent to an activating group) is 1. The summed E-state index contributed by atoms with van der Waals surface area (Å²) in [7, 11) is 3.66. The van der Waals surface area contributed by atoms with E-state index in [0.717, 1.165) is 31.7 Å². The van der Waals surface area contributed by atoms with Crippen LogP contribution in [-0.4, -0.2) is 82.6 Å². The van der Waals surface area contributed by atoms with E-state index in [1.807, 2.05) is 18.1 Å². The highest BCUT2D eigenvalue weighted by atomic mass is 16.2. The number of nitrogens with two attached hydrogens (primary N) is 1. The Kier molecular flexibility index (Phi) is 5.51. The molecule has 8 nitrogen and oxygen atoms in total. The van der Waals surface area contributed by atoms with E-state index in [0.29, 0.717) is 19.6 Å². The zero-order valence-corrected chi connectivity index (χ0v) is 13.2. The summed E-state index contributed by atoms with van der Waals surface area (Å²) in [6.07, 6.45) is 3.68. The molecule has 0 aromatic carbocycles. The Labute approximate surface area is 130 Å². The van der Waals surface area contributed by atoms with Gasteiger partial charge in [0, 0.05) is 58.6 Å². The molecule has 1 saturated heterocycles. The summed E-state index contributed by atoms with van der Waals surface area (Å²) >= 11 is 0. The van der Waals surface area contributed by atoms with E-state index in [1.165, 1.54) is 0 Å². The smallest absolute Gasteiger partial charge is 0.236 e. The van der Waals surface area contributed by atoms with Crippen LogP contribution in [0.1, 0.15) is 5.56 Å². The zero-order chi connectivity index (χ0) is 16.1. The number of amides is 2. The maximum absolute atomic E-state index is 12.3. The molecule has 0 unspecified atom stereocenters. The molecule has 1 aromatic heterocycles. The van der Waals surface area contributed by atoms with E-state index in [4.69, 9.17) is 5.73 Å². The van der Waals surface area contributed by atoms with Crippen molar-refractivity contribution in [2.75, 3.05) is 46.3 Å². The second kappa shape index (κ2) is 7.37. The van der Waals surface area contributed by atoms with Crippen LogP contribution in [0.25, 0.3) is 0 Å². The summed E-state index contributed by atoms with van der Waals surface area (Å²) in [5.41, 5.74) is 6.21. The first-order chi connectivity index (χ1) is 10.4. The van der Waals surface area contributed by atoms with Crippen molar-refractivity contribution >= 4 is 11.8 Å². The number of primary amides is 1. The first-order valence-electron chi connectivity index (χ1n) is 7.38. The average Bonchev–Trinajstić information content (AvgIpc) is 2.85. The lowest BCUT2D eigenvalue weighted by molar-refractivity contribution is -0.132. The normalized spacial score (nSPS) is 16.6. The van der Waals surface area contributed by atoms with Gasteiger partial charge in [-0.2, -0.15) is 5.10 Å². The Bertz CT molecular complexity index is 521. The quantitative estimate of drug-likeness (QED) is 0.690. The van der Waals surface area contributed by atoms with Crippen LogP contribution >= 0.6 is 0 Å². The third-order valence-electron chi connectivity index (χ3n) is 3.81. The molecular formula is C14H24N6O2. The molecule has 0 aliphatic carbocycles. The van der Waals surface area contributed by atoms with Crippen molar-refractivity contribution in [3.05, 3.63) is 18.0 Å². The molecule has 2 heterocycles. The molecule has 1 aromatic rings. The molecule has 122 valence electrons. The van der Waals surface area contributed by atoms with Gasteiger partial charge in [0.15, 0.2) is 0 Å². The third kappa shape index (κ3) is 4.81. The molecule has 2 rings (SSSR count). The van der Waals surface area contributed by atoms with Gasteiger partial charge in [-0.15, -0.1) is 0 Å². The molecule has 8 heteroatoms. The van der Waals surface area contributed by atoms with Crippen molar-refractivity contribution in [3.8, 4) is 0 Å². The lowest BCUT2D eigenvalue weighted by atomic mass is 10.3. The van der Waals surface area contributed by atoms with Crippen molar-refractivity contribution in [3.63, 3.8) is 0 Å². The molecule has 2 amide bonds. The molecular weight excluding hydrogens is 284 g/mol. The van der Waals surface area contributed by atoms with Crippen molar-refractivity contribution in [1.82, 2.24) is 24.5 Å². The minimum Gasteiger partial charge on any atom is -0.369 e. The van der Waals surface area contributed by atoms with Crippen molar-refractivity contribution in [2.24, 2.45) is 12.8 Å². The highest BCUT2D eigenvalue weighted by Gasteiger charge is 2.21. The fourth-order valence-corrected chi connectivity index (χ4v) is 2.55. The molecule has 0 spiro atoms. The van der Waals surface area contributed by atoms with Gasteiger partial charge in [0.05, 0.1) is 19.3 Å². The summed E-state index contributed by atoms with van der Waals surface area (Å²) in [6, 6.07) is 0. The fraction of sp³-hybridized carbons (Fsp3) is 0.643. The number of hydrogen-bond donors (Lipinski definition) is 1. The number of aryl methyl sites for hydroxylation is 1. The van der Waals surface area contributed by atoms with E-state index < -0.39 is 0 Å². The molecule has 2 N–H and O–H groups in total. The largest absolute Gasteiger partial charge is 0.369 e. The molecule has 22 heavy (non-hydrogen) atoms. The van der Waals surface area contributed by atoms with Crippen molar-refractivity contribution < 1.29 is 9.59 Å². The number of nitrogens with zero attached hydrogens (tertiary/aromatic N) is 5. The Hall–Kier alpha value is -1.93. The van der Waals surface area contributed by atoms with Gasteiger partial charge < -0.3 is 10.6 Å². The van der Waals surface area contributed by atoms with E-state index >= 15 is 0 Å². The van der Waals surface area contributed by atoms with Crippen molar-refractivity contribution in [1.29, 1.82) is 0 Å².